The summed E-state index contributed by atoms with van der Waals surface area (Å²) in [5, 5.41) is 0. The second-order valence-electron chi connectivity index (χ2n) is 6.61. The minimum absolute atomic E-state index is 0.0938. The third-order valence-corrected chi connectivity index (χ3v) is 5.08. The smallest absolute Gasteiger partial charge is 0.354 e. The van der Waals surface area contributed by atoms with E-state index in [1.807, 2.05) is 13.8 Å². The number of carbonyl (C=O) groups excluding carboxylic acids is 3. The van der Waals surface area contributed by atoms with E-state index in [0.29, 0.717) is 46.9 Å². The maximum Gasteiger partial charge on any atom is 0.354 e. The molecule has 2 rings (SSSR count). The maximum absolute atomic E-state index is 13.1. The number of Topliss-reactive ketones (excluding diaryl/α,β-unsaturated/α-hetero) is 1. The van der Waals surface area contributed by atoms with Gasteiger partial charge in [-0.05, 0) is 45.4 Å². The van der Waals surface area contributed by atoms with Crippen molar-refractivity contribution < 1.29 is 23.9 Å². The van der Waals surface area contributed by atoms with E-state index in [9.17, 15) is 14.4 Å². The Morgan fingerprint density at radius 1 is 1.07 bits per heavy atom. The van der Waals surface area contributed by atoms with Crippen molar-refractivity contribution in [2.24, 2.45) is 0 Å². The fraction of sp³-hybridized carbons (Fsp3) is 0.409. The first kappa shape index (κ1) is 22.2. The highest BCUT2D eigenvalue weighted by Crippen LogP contribution is 2.25. The molecule has 0 bridgehead atoms. The van der Waals surface area contributed by atoms with Crippen LogP contribution < -0.4 is 4.74 Å². The molecule has 1 aromatic carbocycles. The SMILES string of the molecule is CCN(CC(=O)c1c(C)c(C(=O)OC)n(CC)c1C)C(=O)c1ccccc1OC. The number of para-hydroxylation sites is 1. The highest BCUT2D eigenvalue weighted by atomic mass is 16.5. The Balaban J connectivity index is 2.39. The largest absolute Gasteiger partial charge is 0.496 e. The molecule has 1 amide bonds. The Morgan fingerprint density at radius 2 is 1.72 bits per heavy atom. The van der Waals surface area contributed by atoms with Gasteiger partial charge in [-0.1, -0.05) is 12.1 Å². The average Bonchev–Trinajstić information content (AvgIpc) is 2.99. The number of likely N-dealkylation sites (N-methyl/N-ethyl adjacent to an activating group) is 1. The zero-order valence-corrected chi connectivity index (χ0v) is 17.9. The second kappa shape index (κ2) is 9.41. The lowest BCUT2D eigenvalue weighted by molar-refractivity contribution is 0.0587. The van der Waals surface area contributed by atoms with Gasteiger partial charge in [0.05, 0.1) is 26.3 Å². The molecule has 0 atom stereocenters. The van der Waals surface area contributed by atoms with Crippen LogP contribution in [-0.4, -0.2) is 54.4 Å². The van der Waals surface area contributed by atoms with Gasteiger partial charge in [-0.15, -0.1) is 0 Å². The van der Waals surface area contributed by atoms with E-state index < -0.39 is 5.97 Å². The van der Waals surface area contributed by atoms with E-state index >= 15 is 0 Å². The van der Waals surface area contributed by atoms with Gasteiger partial charge in [0.25, 0.3) is 5.91 Å². The lowest BCUT2D eigenvalue weighted by Gasteiger charge is -2.21. The van der Waals surface area contributed by atoms with E-state index in [0.717, 1.165) is 0 Å². The average molecular weight is 400 g/mol. The molecular weight excluding hydrogens is 372 g/mol. The van der Waals surface area contributed by atoms with Gasteiger partial charge in [0, 0.05) is 24.3 Å². The number of ether oxygens (including phenoxy) is 2. The summed E-state index contributed by atoms with van der Waals surface area (Å²) in [6.07, 6.45) is 0. The highest BCUT2D eigenvalue weighted by molar-refractivity contribution is 6.06. The molecule has 0 aliphatic carbocycles. The summed E-state index contributed by atoms with van der Waals surface area (Å²) < 4.78 is 11.9. The van der Waals surface area contributed by atoms with E-state index in [2.05, 4.69) is 0 Å². The van der Waals surface area contributed by atoms with Crippen molar-refractivity contribution in [3.8, 4) is 5.75 Å². The predicted molar refractivity (Wildman–Crippen MR) is 110 cm³/mol. The Kier molecular flexibility index (Phi) is 7.20. The number of nitrogens with zero attached hydrogens (tertiary/aromatic N) is 2. The van der Waals surface area contributed by atoms with E-state index in [1.165, 1.54) is 19.1 Å². The van der Waals surface area contributed by atoms with Crippen molar-refractivity contribution in [2.75, 3.05) is 27.3 Å². The van der Waals surface area contributed by atoms with Crippen molar-refractivity contribution in [3.05, 3.63) is 52.3 Å². The molecule has 1 heterocycles. The zero-order valence-electron chi connectivity index (χ0n) is 17.9. The maximum atomic E-state index is 13.1. The normalized spacial score (nSPS) is 10.6. The van der Waals surface area contributed by atoms with Crippen molar-refractivity contribution in [1.82, 2.24) is 9.47 Å². The molecule has 0 fully saturated rings. The predicted octanol–water partition coefficient (Wildman–Crippen LogP) is 3.27. The van der Waals surface area contributed by atoms with Crippen molar-refractivity contribution in [1.29, 1.82) is 0 Å². The Bertz CT molecular complexity index is 930. The topological polar surface area (TPSA) is 77.8 Å². The summed E-state index contributed by atoms with van der Waals surface area (Å²) in [7, 11) is 2.82. The minimum Gasteiger partial charge on any atom is -0.496 e. The van der Waals surface area contributed by atoms with Crippen LogP contribution in [0.1, 0.15) is 56.3 Å². The van der Waals surface area contributed by atoms with Crippen molar-refractivity contribution in [3.63, 3.8) is 0 Å². The van der Waals surface area contributed by atoms with Crippen LogP contribution in [0.3, 0.4) is 0 Å². The van der Waals surface area contributed by atoms with Crippen LogP contribution in [0.25, 0.3) is 0 Å². The Morgan fingerprint density at radius 3 is 2.28 bits per heavy atom. The number of hydrogen-bond donors (Lipinski definition) is 0. The number of esters is 1. The number of methoxy groups -OCH3 is 2. The van der Waals surface area contributed by atoms with Gasteiger partial charge in [0.15, 0.2) is 5.78 Å². The summed E-state index contributed by atoms with van der Waals surface area (Å²) in [4.78, 5) is 39.8. The molecule has 0 N–H and O–H groups in total. The number of ketones is 1. The number of amides is 1. The van der Waals surface area contributed by atoms with E-state index in [4.69, 9.17) is 9.47 Å². The third-order valence-electron chi connectivity index (χ3n) is 5.08. The van der Waals surface area contributed by atoms with Crippen LogP contribution in [-0.2, 0) is 11.3 Å². The van der Waals surface area contributed by atoms with Crippen LogP contribution in [0, 0.1) is 13.8 Å². The zero-order chi connectivity index (χ0) is 21.7. The van der Waals surface area contributed by atoms with E-state index in [-0.39, 0.29) is 18.2 Å². The van der Waals surface area contributed by atoms with E-state index in [1.54, 1.807) is 42.7 Å². The molecule has 156 valence electrons. The van der Waals surface area contributed by atoms with Gasteiger partial charge in [0.2, 0.25) is 0 Å². The molecule has 7 heteroatoms. The number of benzene rings is 1. The highest BCUT2D eigenvalue weighted by Gasteiger charge is 2.28. The first-order chi connectivity index (χ1) is 13.8. The first-order valence-electron chi connectivity index (χ1n) is 9.55. The minimum atomic E-state index is -0.482. The van der Waals surface area contributed by atoms with Crippen LogP contribution >= 0.6 is 0 Å². The van der Waals surface area contributed by atoms with Crippen LogP contribution in [0.5, 0.6) is 5.75 Å². The van der Waals surface area contributed by atoms with Gasteiger partial charge >= 0.3 is 5.97 Å². The van der Waals surface area contributed by atoms with Crippen molar-refractivity contribution in [2.45, 2.75) is 34.2 Å². The number of rotatable bonds is 8. The van der Waals surface area contributed by atoms with Crippen LogP contribution in [0.15, 0.2) is 24.3 Å². The monoisotopic (exact) mass is 400 g/mol. The molecule has 1 aromatic heterocycles. The third kappa shape index (κ3) is 4.18. The molecule has 0 saturated carbocycles. The molecular formula is C22H28N2O5. The lowest BCUT2D eigenvalue weighted by atomic mass is 10.0. The van der Waals surface area contributed by atoms with Gasteiger partial charge in [-0.2, -0.15) is 0 Å². The molecule has 0 aliphatic heterocycles. The standard InChI is InChI=1S/C22H28N2O5/c1-7-23(21(26)16-11-9-10-12-18(16)28-5)13-17(25)19-14(3)20(22(27)29-6)24(8-2)15(19)4/h9-12H,7-8,13H2,1-6H3. The van der Waals surface area contributed by atoms with Gasteiger partial charge in [0.1, 0.15) is 11.4 Å². The molecule has 2 aromatic rings. The van der Waals surface area contributed by atoms with Gasteiger partial charge in [-0.25, -0.2) is 4.79 Å². The summed E-state index contributed by atoms with van der Waals surface area (Å²) in [5.41, 5.74) is 2.49. The number of carbonyl (C=O) groups is 3. The summed E-state index contributed by atoms with van der Waals surface area (Å²) in [6.45, 7) is 8.05. The molecule has 0 radical (unpaired) electrons. The van der Waals surface area contributed by atoms with Crippen LogP contribution in [0.2, 0.25) is 0 Å². The fourth-order valence-electron chi connectivity index (χ4n) is 3.63. The molecule has 0 spiro atoms. The molecule has 7 nitrogen and oxygen atoms in total. The van der Waals surface area contributed by atoms with Gasteiger partial charge in [-0.3, -0.25) is 9.59 Å². The quantitative estimate of drug-likeness (QED) is 0.502. The fourth-order valence-corrected chi connectivity index (χ4v) is 3.63. The Hall–Kier alpha value is -3.09. The number of hydrogen-bond acceptors (Lipinski definition) is 5. The molecule has 0 unspecified atom stereocenters. The summed E-state index contributed by atoms with van der Waals surface area (Å²) >= 11 is 0. The second-order valence-corrected chi connectivity index (χ2v) is 6.61. The molecule has 29 heavy (non-hydrogen) atoms. The van der Waals surface area contributed by atoms with Crippen molar-refractivity contribution >= 4 is 17.7 Å². The van der Waals surface area contributed by atoms with Gasteiger partial charge < -0.3 is 18.9 Å². The Labute approximate surface area is 171 Å². The lowest BCUT2D eigenvalue weighted by Crippen LogP contribution is -2.36. The summed E-state index contributed by atoms with van der Waals surface area (Å²) in [5.74, 6) is -0.524. The molecule has 0 saturated heterocycles. The number of aromatic nitrogens is 1. The molecule has 0 aliphatic rings. The van der Waals surface area contributed by atoms with Crippen LogP contribution in [0.4, 0.5) is 0 Å². The summed E-state index contributed by atoms with van der Waals surface area (Å²) in [6, 6.07) is 6.92. The first-order valence-corrected chi connectivity index (χ1v) is 9.55.